The summed E-state index contributed by atoms with van der Waals surface area (Å²) in [5, 5.41) is 0.623. The first kappa shape index (κ1) is 15.4. The van der Waals surface area contributed by atoms with Crippen LogP contribution in [0.15, 0.2) is 24.3 Å². The summed E-state index contributed by atoms with van der Waals surface area (Å²) in [4.78, 5) is 42.3. The van der Waals surface area contributed by atoms with E-state index in [9.17, 15) is 14.4 Å². The SMILES string of the molecule is CC1(C)C2CCC1(CC(=O)ON1C(=O)c3ccccc3C1=O)CC2. The molecule has 2 fully saturated rings. The van der Waals surface area contributed by atoms with Gasteiger partial charge in [-0.2, -0.15) is 0 Å². The first-order valence-corrected chi connectivity index (χ1v) is 8.54. The van der Waals surface area contributed by atoms with Crippen LogP contribution in [0.4, 0.5) is 0 Å². The molecule has 4 rings (SSSR count). The van der Waals surface area contributed by atoms with Gasteiger partial charge in [-0.1, -0.05) is 31.0 Å². The predicted molar refractivity (Wildman–Crippen MR) is 85.8 cm³/mol. The Hall–Kier alpha value is -2.17. The molecule has 1 aromatic carbocycles. The molecule has 2 saturated carbocycles. The summed E-state index contributed by atoms with van der Waals surface area (Å²) in [6.45, 7) is 4.46. The molecule has 24 heavy (non-hydrogen) atoms. The van der Waals surface area contributed by atoms with Crippen molar-refractivity contribution >= 4 is 17.8 Å². The second kappa shape index (κ2) is 4.91. The lowest BCUT2D eigenvalue weighted by molar-refractivity contribution is -0.172. The Morgan fingerprint density at radius 2 is 1.67 bits per heavy atom. The van der Waals surface area contributed by atoms with Crippen molar-refractivity contribution in [2.45, 2.75) is 46.0 Å². The smallest absolute Gasteiger partial charge is 0.330 e. The summed E-state index contributed by atoms with van der Waals surface area (Å²) in [6.07, 6.45) is 4.59. The first-order valence-electron chi connectivity index (χ1n) is 8.54. The predicted octanol–water partition coefficient (Wildman–Crippen LogP) is 3.35. The molecular formula is C19H21NO4. The fourth-order valence-corrected chi connectivity index (χ4v) is 5.03. The molecule has 0 atom stereocenters. The maximum absolute atomic E-state index is 12.5. The van der Waals surface area contributed by atoms with Gasteiger partial charge in [-0.25, -0.2) is 4.79 Å². The summed E-state index contributed by atoms with van der Waals surface area (Å²) >= 11 is 0. The molecule has 3 aliphatic rings. The first-order chi connectivity index (χ1) is 11.4. The minimum atomic E-state index is -0.559. The van der Waals surface area contributed by atoms with E-state index in [-0.39, 0.29) is 28.4 Å². The molecule has 0 radical (unpaired) electrons. The minimum Gasteiger partial charge on any atom is -0.330 e. The van der Waals surface area contributed by atoms with Gasteiger partial charge in [-0.3, -0.25) is 9.59 Å². The van der Waals surface area contributed by atoms with Gasteiger partial charge < -0.3 is 4.84 Å². The van der Waals surface area contributed by atoms with Crippen LogP contribution < -0.4 is 0 Å². The molecule has 5 heteroatoms. The average molecular weight is 327 g/mol. The third-order valence-corrected chi connectivity index (χ3v) is 6.76. The van der Waals surface area contributed by atoms with E-state index in [1.165, 1.54) is 0 Å². The number of fused-ring (bicyclic) bond motifs is 3. The summed E-state index contributed by atoms with van der Waals surface area (Å²) in [5.74, 6) is -0.947. The molecule has 2 bridgehead atoms. The maximum Gasteiger partial charge on any atom is 0.333 e. The number of carbonyl (C=O) groups is 3. The number of nitrogens with zero attached hydrogens (tertiary/aromatic N) is 1. The molecule has 126 valence electrons. The Kier molecular flexibility index (Phi) is 3.15. The van der Waals surface area contributed by atoms with E-state index in [2.05, 4.69) is 13.8 Å². The van der Waals surface area contributed by atoms with Gasteiger partial charge in [0.05, 0.1) is 17.5 Å². The number of benzene rings is 1. The standard InChI is InChI=1S/C19H21NO4/c1-18(2)12-7-9-19(18,10-8-12)11-15(21)24-20-16(22)13-5-3-4-6-14(13)17(20)23/h3-6,12H,7-11H2,1-2H3. The monoisotopic (exact) mass is 327 g/mol. The van der Waals surface area contributed by atoms with E-state index in [1.807, 2.05) is 0 Å². The number of hydroxylamine groups is 2. The van der Waals surface area contributed by atoms with Gasteiger partial charge in [0.1, 0.15) is 0 Å². The van der Waals surface area contributed by atoms with Gasteiger partial charge in [0.25, 0.3) is 11.8 Å². The molecule has 1 heterocycles. The highest BCUT2D eigenvalue weighted by molar-refractivity contribution is 6.20. The van der Waals surface area contributed by atoms with Crippen molar-refractivity contribution in [1.29, 1.82) is 0 Å². The second-order valence-electron chi connectivity index (χ2n) is 7.87. The van der Waals surface area contributed by atoms with Crippen LogP contribution in [0, 0.1) is 16.7 Å². The topological polar surface area (TPSA) is 63.7 Å². The zero-order valence-corrected chi connectivity index (χ0v) is 14.0. The fourth-order valence-electron chi connectivity index (χ4n) is 5.03. The highest BCUT2D eigenvalue weighted by Crippen LogP contribution is 2.67. The summed E-state index contributed by atoms with van der Waals surface area (Å²) in [7, 11) is 0. The third kappa shape index (κ3) is 1.90. The van der Waals surface area contributed by atoms with Crippen molar-refractivity contribution in [3.05, 3.63) is 35.4 Å². The molecule has 0 aromatic heterocycles. The van der Waals surface area contributed by atoms with E-state index >= 15 is 0 Å². The van der Waals surface area contributed by atoms with Crippen LogP contribution in [0.5, 0.6) is 0 Å². The summed E-state index contributed by atoms with van der Waals surface area (Å²) in [6, 6.07) is 6.52. The number of carbonyl (C=O) groups excluding carboxylic acids is 3. The Balaban J connectivity index is 1.50. The zero-order valence-electron chi connectivity index (χ0n) is 14.0. The number of rotatable bonds is 3. The van der Waals surface area contributed by atoms with Gasteiger partial charge in [0, 0.05) is 0 Å². The van der Waals surface area contributed by atoms with Crippen molar-refractivity contribution in [2.24, 2.45) is 16.7 Å². The molecule has 1 aliphatic heterocycles. The number of hydrogen-bond acceptors (Lipinski definition) is 4. The van der Waals surface area contributed by atoms with Crippen LogP contribution in [-0.4, -0.2) is 22.8 Å². The van der Waals surface area contributed by atoms with Crippen molar-refractivity contribution in [1.82, 2.24) is 5.06 Å². The maximum atomic E-state index is 12.5. The molecular weight excluding hydrogens is 306 g/mol. The zero-order chi connectivity index (χ0) is 17.1. The number of amides is 2. The molecule has 2 aliphatic carbocycles. The summed E-state index contributed by atoms with van der Waals surface area (Å²) < 4.78 is 0. The third-order valence-electron chi connectivity index (χ3n) is 6.76. The molecule has 5 nitrogen and oxygen atoms in total. The number of hydrogen-bond donors (Lipinski definition) is 0. The molecule has 1 aromatic rings. The van der Waals surface area contributed by atoms with Crippen LogP contribution >= 0.6 is 0 Å². The molecule has 0 N–H and O–H groups in total. The Morgan fingerprint density at radius 1 is 1.12 bits per heavy atom. The molecule has 2 amide bonds. The number of imide groups is 1. The van der Waals surface area contributed by atoms with E-state index in [1.54, 1.807) is 24.3 Å². The van der Waals surface area contributed by atoms with Crippen molar-refractivity contribution in [3.63, 3.8) is 0 Å². The van der Waals surface area contributed by atoms with E-state index in [0.717, 1.165) is 25.7 Å². The van der Waals surface area contributed by atoms with Crippen LogP contribution in [0.2, 0.25) is 0 Å². The van der Waals surface area contributed by atoms with Crippen LogP contribution in [-0.2, 0) is 9.63 Å². The van der Waals surface area contributed by atoms with Gasteiger partial charge in [-0.15, -0.1) is 0 Å². The average Bonchev–Trinajstić information content (AvgIpc) is 3.05. The lowest BCUT2D eigenvalue weighted by Gasteiger charge is -2.37. The van der Waals surface area contributed by atoms with E-state index in [0.29, 0.717) is 11.0 Å². The van der Waals surface area contributed by atoms with Gasteiger partial charge >= 0.3 is 5.97 Å². The van der Waals surface area contributed by atoms with Crippen molar-refractivity contribution < 1.29 is 19.2 Å². The quantitative estimate of drug-likeness (QED) is 0.799. The molecule has 0 saturated heterocycles. The lowest BCUT2D eigenvalue weighted by Crippen LogP contribution is -2.37. The van der Waals surface area contributed by atoms with Crippen molar-refractivity contribution in [3.8, 4) is 0 Å². The largest absolute Gasteiger partial charge is 0.333 e. The highest BCUT2D eigenvalue weighted by Gasteiger charge is 2.59. The Bertz CT molecular complexity index is 708. The normalized spacial score (nSPS) is 29.9. The van der Waals surface area contributed by atoms with Gasteiger partial charge in [-0.05, 0) is 54.6 Å². The van der Waals surface area contributed by atoms with Gasteiger partial charge in [0.2, 0.25) is 0 Å². The molecule has 0 unspecified atom stereocenters. The lowest BCUT2D eigenvalue weighted by atomic mass is 9.67. The Labute approximate surface area is 140 Å². The fraction of sp³-hybridized carbons (Fsp3) is 0.526. The minimum absolute atomic E-state index is 0.0621. The van der Waals surface area contributed by atoms with Crippen LogP contribution in [0.3, 0.4) is 0 Å². The van der Waals surface area contributed by atoms with Crippen molar-refractivity contribution in [2.75, 3.05) is 0 Å². The van der Waals surface area contributed by atoms with Gasteiger partial charge in [0.15, 0.2) is 0 Å². The highest BCUT2D eigenvalue weighted by atomic mass is 16.7. The van der Waals surface area contributed by atoms with E-state index in [4.69, 9.17) is 4.84 Å². The van der Waals surface area contributed by atoms with Crippen LogP contribution in [0.1, 0.15) is 66.7 Å². The summed E-state index contributed by atoms with van der Waals surface area (Å²) in [5.41, 5.74) is 0.618. The van der Waals surface area contributed by atoms with Crippen LogP contribution in [0.25, 0.3) is 0 Å². The second-order valence-corrected chi connectivity index (χ2v) is 7.87. The van der Waals surface area contributed by atoms with E-state index < -0.39 is 17.8 Å². The Morgan fingerprint density at radius 3 is 2.12 bits per heavy atom. The molecule has 0 spiro atoms.